The van der Waals surface area contributed by atoms with Crippen LogP contribution in [-0.2, 0) is 0 Å². The van der Waals surface area contributed by atoms with Crippen molar-refractivity contribution in [3.05, 3.63) is 29.6 Å². The first-order valence-electron chi connectivity index (χ1n) is 5.07. The van der Waals surface area contributed by atoms with Crippen molar-refractivity contribution in [3.63, 3.8) is 0 Å². The van der Waals surface area contributed by atoms with Crippen molar-refractivity contribution in [3.8, 4) is 6.07 Å². The molecule has 0 aliphatic carbocycles. The minimum Gasteiger partial charge on any atom is -0.351 e. The Labute approximate surface area is 94.5 Å². The molecule has 0 saturated carbocycles. The Balaban J connectivity index is 2.44. The minimum absolute atomic E-state index is 0.208. The number of amides is 1. The third-order valence-electron chi connectivity index (χ3n) is 2.01. The molecule has 0 aliphatic heterocycles. The molecule has 0 aliphatic rings. The average Bonchev–Trinajstić information content (AvgIpc) is 2.34. The number of hydrogen-bond donors (Lipinski definition) is 2. The normalized spacial score (nSPS) is 9.50. The molecular formula is C11H14N4O. The summed E-state index contributed by atoms with van der Waals surface area (Å²) in [6, 6.07) is 5.08. The Hall–Kier alpha value is -1.93. The first-order chi connectivity index (χ1) is 7.77. The molecule has 0 aromatic carbocycles. The van der Waals surface area contributed by atoms with Crippen molar-refractivity contribution in [2.24, 2.45) is 0 Å². The van der Waals surface area contributed by atoms with Crippen molar-refractivity contribution in [1.29, 1.82) is 5.26 Å². The van der Waals surface area contributed by atoms with Crippen LogP contribution in [0.25, 0.3) is 0 Å². The number of aromatic nitrogens is 1. The fourth-order valence-corrected chi connectivity index (χ4v) is 1.15. The van der Waals surface area contributed by atoms with Crippen LogP contribution in [0.1, 0.15) is 22.5 Å². The maximum atomic E-state index is 11.5. The fourth-order valence-electron chi connectivity index (χ4n) is 1.15. The number of rotatable bonds is 5. The third-order valence-corrected chi connectivity index (χ3v) is 2.01. The predicted octanol–water partition coefficient (Wildman–Crippen LogP) is 0.293. The molecule has 0 fully saturated rings. The zero-order valence-electron chi connectivity index (χ0n) is 9.16. The van der Waals surface area contributed by atoms with E-state index >= 15 is 0 Å². The molecular weight excluding hydrogens is 204 g/mol. The zero-order chi connectivity index (χ0) is 11.8. The van der Waals surface area contributed by atoms with E-state index < -0.39 is 0 Å². The van der Waals surface area contributed by atoms with Gasteiger partial charge in [0, 0.05) is 12.7 Å². The van der Waals surface area contributed by atoms with E-state index in [1.807, 2.05) is 13.1 Å². The molecule has 84 valence electrons. The van der Waals surface area contributed by atoms with Crippen LogP contribution < -0.4 is 10.6 Å². The highest BCUT2D eigenvalue weighted by Gasteiger charge is 2.05. The quantitative estimate of drug-likeness (QED) is 0.696. The van der Waals surface area contributed by atoms with E-state index in [0.29, 0.717) is 17.8 Å². The first kappa shape index (κ1) is 12.1. The third kappa shape index (κ3) is 3.67. The second kappa shape index (κ2) is 6.53. The molecule has 16 heavy (non-hydrogen) atoms. The van der Waals surface area contributed by atoms with E-state index in [1.54, 1.807) is 12.1 Å². The molecule has 0 saturated heterocycles. The lowest BCUT2D eigenvalue weighted by atomic mass is 10.2. The molecule has 1 amide bonds. The van der Waals surface area contributed by atoms with E-state index in [-0.39, 0.29) is 5.91 Å². The van der Waals surface area contributed by atoms with Gasteiger partial charge in [-0.05, 0) is 32.1 Å². The van der Waals surface area contributed by atoms with Gasteiger partial charge in [-0.1, -0.05) is 0 Å². The number of hydrogen-bond acceptors (Lipinski definition) is 4. The lowest BCUT2D eigenvalue weighted by Crippen LogP contribution is -2.27. The van der Waals surface area contributed by atoms with Crippen LogP contribution >= 0.6 is 0 Å². The lowest BCUT2D eigenvalue weighted by Gasteiger charge is -2.03. The smallest absolute Gasteiger partial charge is 0.269 e. The number of nitrogens with zero attached hydrogens (tertiary/aromatic N) is 2. The Morgan fingerprint density at radius 2 is 2.31 bits per heavy atom. The van der Waals surface area contributed by atoms with Crippen LogP contribution in [0.3, 0.4) is 0 Å². The largest absolute Gasteiger partial charge is 0.351 e. The van der Waals surface area contributed by atoms with Gasteiger partial charge in [-0.25, -0.2) is 4.98 Å². The number of nitriles is 1. The summed E-state index contributed by atoms with van der Waals surface area (Å²) in [5.41, 5.74) is 0.787. The highest BCUT2D eigenvalue weighted by atomic mass is 16.1. The lowest BCUT2D eigenvalue weighted by molar-refractivity contribution is 0.0948. The van der Waals surface area contributed by atoms with E-state index in [1.165, 1.54) is 6.20 Å². The highest BCUT2D eigenvalue weighted by Crippen LogP contribution is 1.98. The van der Waals surface area contributed by atoms with Crippen LogP contribution in [0.15, 0.2) is 18.3 Å². The van der Waals surface area contributed by atoms with Gasteiger partial charge in [0.25, 0.3) is 5.91 Å². The van der Waals surface area contributed by atoms with Crippen LogP contribution in [0, 0.1) is 11.3 Å². The molecule has 1 rings (SSSR count). The summed E-state index contributed by atoms with van der Waals surface area (Å²) < 4.78 is 0. The summed E-state index contributed by atoms with van der Waals surface area (Å²) in [6.07, 6.45) is 2.26. The van der Waals surface area contributed by atoms with E-state index in [0.717, 1.165) is 13.0 Å². The van der Waals surface area contributed by atoms with Gasteiger partial charge in [-0.3, -0.25) is 4.79 Å². The first-order valence-corrected chi connectivity index (χ1v) is 5.07. The Kier molecular flexibility index (Phi) is 4.96. The number of carbonyl (C=O) groups is 1. The van der Waals surface area contributed by atoms with E-state index in [9.17, 15) is 4.79 Å². The molecule has 0 atom stereocenters. The van der Waals surface area contributed by atoms with Crippen LogP contribution in [0.4, 0.5) is 0 Å². The SMILES string of the molecule is CNCCCNC(=O)c1ccc(C#N)cn1. The van der Waals surface area contributed by atoms with Gasteiger partial charge >= 0.3 is 0 Å². The number of carbonyl (C=O) groups excluding carboxylic acids is 1. The molecule has 0 bridgehead atoms. The summed E-state index contributed by atoms with van der Waals surface area (Å²) in [5, 5.41) is 14.3. The second-order valence-corrected chi connectivity index (χ2v) is 3.26. The van der Waals surface area contributed by atoms with Crippen molar-refractivity contribution >= 4 is 5.91 Å². The van der Waals surface area contributed by atoms with Crippen LogP contribution in [0.5, 0.6) is 0 Å². The fraction of sp³-hybridized carbons (Fsp3) is 0.364. The van der Waals surface area contributed by atoms with Gasteiger partial charge in [0.05, 0.1) is 5.56 Å². The van der Waals surface area contributed by atoms with Gasteiger partial charge < -0.3 is 10.6 Å². The Morgan fingerprint density at radius 3 is 2.88 bits per heavy atom. The van der Waals surface area contributed by atoms with E-state index in [4.69, 9.17) is 5.26 Å². The summed E-state index contributed by atoms with van der Waals surface area (Å²) in [5.74, 6) is -0.208. The summed E-state index contributed by atoms with van der Waals surface area (Å²) in [7, 11) is 1.87. The summed E-state index contributed by atoms with van der Waals surface area (Å²) >= 11 is 0. The average molecular weight is 218 g/mol. The number of nitrogens with one attached hydrogen (secondary N) is 2. The maximum absolute atomic E-state index is 11.5. The van der Waals surface area contributed by atoms with Gasteiger partial charge in [-0.2, -0.15) is 5.26 Å². The summed E-state index contributed by atoms with van der Waals surface area (Å²) in [4.78, 5) is 15.4. The van der Waals surface area contributed by atoms with Crippen molar-refractivity contribution in [1.82, 2.24) is 15.6 Å². The number of pyridine rings is 1. The molecule has 1 aromatic heterocycles. The molecule has 0 unspecified atom stereocenters. The molecule has 1 aromatic rings. The second-order valence-electron chi connectivity index (χ2n) is 3.26. The Morgan fingerprint density at radius 1 is 1.50 bits per heavy atom. The molecule has 0 spiro atoms. The topological polar surface area (TPSA) is 77.8 Å². The van der Waals surface area contributed by atoms with E-state index in [2.05, 4.69) is 15.6 Å². The van der Waals surface area contributed by atoms with Crippen LogP contribution in [-0.4, -0.2) is 31.0 Å². The molecule has 1 heterocycles. The standard InChI is InChI=1S/C11H14N4O/c1-13-5-2-6-14-11(16)10-4-3-9(7-12)8-15-10/h3-4,8,13H,2,5-6H2,1H3,(H,14,16). The minimum atomic E-state index is -0.208. The molecule has 2 N–H and O–H groups in total. The van der Waals surface area contributed by atoms with Gasteiger partial charge in [0.1, 0.15) is 11.8 Å². The molecule has 5 heteroatoms. The van der Waals surface area contributed by atoms with Crippen molar-refractivity contribution in [2.45, 2.75) is 6.42 Å². The molecule has 5 nitrogen and oxygen atoms in total. The Bertz CT molecular complexity index is 380. The molecule has 0 radical (unpaired) electrons. The highest BCUT2D eigenvalue weighted by molar-refractivity contribution is 5.92. The summed E-state index contributed by atoms with van der Waals surface area (Å²) in [6.45, 7) is 1.47. The van der Waals surface area contributed by atoms with Crippen LogP contribution in [0.2, 0.25) is 0 Å². The zero-order valence-corrected chi connectivity index (χ0v) is 9.16. The maximum Gasteiger partial charge on any atom is 0.269 e. The van der Waals surface area contributed by atoms with Crippen molar-refractivity contribution in [2.75, 3.05) is 20.1 Å². The van der Waals surface area contributed by atoms with Gasteiger partial charge in [-0.15, -0.1) is 0 Å². The van der Waals surface area contributed by atoms with Gasteiger partial charge in [0.2, 0.25) is 0 Å². The monoisotopic (exact) mass is 218 g/mol. The van der Waals surface area contributed by atoms with Crippen molar-refractivity contribution < 1.29 is 4.79 Å². The predicted molar refractivity (Wildman–Crippen MR) is 59.8 cm³/mol. The van der Waals surface area contributed by atoms with Gasteiger partial charge in [0.15, 0.2) is 0 Å².